The highest BCUT2D eigenvalue weighted by Gasteiger charge is 2.09. The molecule has 0 radical (unpaired) electrons. The first-order chi connectivity index (χ1) is 9.95. The van der Waals surface area contributed by atoms with Crippen molar-refractivity contribution in [3.05, 3.63) is 73.6 Å². The third-order valence-corrected chi connectivity index (χ3v) is 3.19. The fraction of sp³-hybridized carbons (Fsp3) is 0.214. The molecule has 0 atom stereocenters. The Morgan fingerprint density at radius 1 is 1.24 bits per heavy atom. The maximum atomic E-state index is 11.7. The monoisotopic (exact) mass is 307 g/mol. The second kappa shape index (κ2) is 6.51. The fourth-order valence-electron chi connectivity index (χ4n) is 1.95. The second-order valence-corrected chi connectivity index (χ2v) is 5.17. The molecule has 6 nitrogen and oxygen atoms in total. The van der Waals surface area contributed by atoms with E-state index in [4.69, 9.17) is 11.6 Å². The Morgan fingerprint density at radius 2 is 1.90 bits per heavy atom. The van der Waals surface area contributed by atoms with E-state index in [1.807, 2.05) is 24.1 Å². The number of aromatic nitrogens is 1. The van der Waals surface area contributed by atoms with E-state index < -0.39 is 4.92 Å². The van der Waals surface area contributed by atoms with Gasteiger partial charge in [-0.3, -0.25) is 24.4 Å². The molecule has 0 aliphatic rings. The van der Waals surface area contributed by atoms with E-state index in [1.54, 1.807) is 12.1 Å². The van der Waals surface area contributed by atoms with E-state index >= 15 is 0 Å². The predicted octanol–water partition coefficient (Wildman–Crippen LogP) is 2.50. The normalized spacial score (nSPS) is 10.8. The molecule has 0 saturated carbocycles. The largest absolute Gasteiger partial charge is 0.295 e. The maximum Gasteiger partial charge on any atom is 0.285 e. The van der Waals surface area contributed by atoms with Gasteiger partial charge in [-0.1, -0.05) is 23.7 Å². The van der Waals surface area contributed by atoms with Crippen LogP contribution in [-0.4, -0.2) is 21.4 Å². The average molecular weight is 308 g/mol. The van der Waals surface area contributed by atoms with E-state index in [-0.39, 0.29) is 17.9 Å². The quantitative estimate of drug-likeness (QED) is 0.628. The fourth-order valence-corrected chi connectivity index (χ4v) is 2.07. The third kappa shape index (κ3) is 4.14. The van der Waals surface area contributed by atoms with Crippen molar-refractivity contribution < 1.29 is 4.92 Å². The Balaban J connectivity index is 2.10. The van der Waals surface area contributed by atoms with Gasteiger partial charge in [0.25, 0.3) is 11.2 Å². The molecule has 2 rings (SSSR count). The van der Waals surface area contributed by atoms with Crippen molar-refractivity contribution in [3.8, 4) is 0 Å². The van der Waals surface area contributed by atoms with Crippen LogP contribution in [0.4, 0.5) is 5.69 Å². The molecule has 0 bridgehead atoms. The van der Waals surface area contributed by atoms with Gasteiger partial charge in [-0.25, -0.2) is 0 Å². The molecule has 7 heteroatoms. The first-order valence-corrected chi connectivity index (χ1v) is 6.61. The molecular weight excluding hydrogens is 294 g/mol. The standard InChI is InChI=1S/C14H14ClN3O3/c1-16(8-11-2-4-12(15)5-3-11)10-17-9-13(18(20)21)6-7-14(17)19/h2-7,9H,8,10H2,1H3. The number of nitro groups is 1. The van der Waals surface area contributed by atoms with Gasteiger partial charge >= 0.3 is 0 Å². The molecule has 0 aliphatic heterocycles. The van der Waals surface area contributed by atoms with Gasteiger partial charge in [0, 0.05) is 23.7 Å². The number of hydrogen-bond donors (Lipinski definition) is 0. The number of hydrogen-bond acceptors (Lipinski definition) is 4. The number of rotatable bonds is 5. The van der Waals surface area contributed by atoms with Crippen molar-refractivity contribution in [1.29, 1.82) is 0 Å². The first kappa shape index (κ1) is 15.2. The summed E-state index contributed by atoms with van der Waals surface area (Å²) >= 11 is 5.82. The van der Waals surface area contributed by atoms with Crippen LogP contribution in [0.25, 0.3) is 0 Å². The zero-order valence-corrected chi connectivity index (χ0v) is 12.2. The average Bonchev–Trinajstić information content (AvgIpc) is 2.43. The molecule has 1 heterocycles. The molecule has 0 spiro atoms. The molecular formula is C14H14ClN3O3. The molecule has 21 heavy (non-hydrogen) atoms. The lowest BCUT2D eigenvalue weighted by atomic mass is 10.2. The number of nitrogens with zero attached hydrogens (tertiary/aromatic N) is 3. The number of pyridine rings is 1. The lowest BCUT2D eigenvalue weighted by Crippen LogP contribution is -2.29. The smallest absolute Gasteiger partial charge is 0.285 e. The summed E-state index contributed by atoms with van der Waals surface area (Å²) in [6, 6.07) is 9.80. The second-order valence-electron chi connectivity index (χ2n) is 4.73. The van der Waals surface area contributed by atoms with Crippen molar-refractivity contribution in [2.45, 2.75) is 13.2 Å². The van der Waals surface area contributed by atoms with Gasteiger partial charge in [-0.05, 0) is 24.7 Å². The van der Waals surface area contributed by atoms with Gasteiger partial charge in [0.15, 0.2) is 0 Å². The molecule has 110 valence electrons. The van der Waals surface area contributed by atoms with Gasteiger partial charge in [0.2, 0.25) is 0 Å². The highest BCUT2D eigenvalue weighted by atomic mass is 35.5. The summed E-state index contributed by atoms with van der Waals surface area (Å²) in [5, 5.41) is 11.4. The van der Waals surface area contributed by atoms with Crippen LogP contribution in [0.15, 0.2) is 47.4 Å². The van der Waals surface area contributed by atoms with Crippen LogP contribution in [0, 0.1) is 10.1 Å². The summed E-state index contributed by atoms with van der Waals surface area (Å²) in [4.78, 5) is 23.8. The molecule has 0 N–H and O–H groups in total. The first-order valence-electron chi connectivity index (χ1n) is 6.23. The lowest BCUT2D eigenvalue weighted by molar-refractivity contribution is -0.385. The van der Waals surface area contributed by atoms with Gasteiger partial charge in [-0.15, -0.1) is 0 Å². The maximum absolute atomic E-state index is 11.7. The summed E-state index contributed by atoms with van der Waals surface area (Å²) in [5.74, 6) is 0. The minimum Gasteiger partial charge on any atom is -0.295 e. The van der Waals surface area contributed by atoms with Gasteiger partial charge in [0.1, 0.15) is 0 Å². The molecule has 0 aliphatic carbocycles. The van der Waals surface area contributed by atoms with Crippen LogP contribution in [0.2, 0.25) is 5.02 Å². The number of benzene rings is 1. The third-order valence-electron chi connectivity index (χ3n) is 2.94. The van der Waals surface area contributed by atoms with E-state index in [9.17, 15) is 14.9 Å². The molecule has 0 fully saturated rings. The van der Waals surface area contributed by atoms with Crippen LogP contribution < -0.4 is 5.56 Å². The van der Waals surface area contributed by atoms with Crippen LogP contribution in [0.1, 0.15) is 5.56 Å². The van der Waals surface area contributed by atoms with E-state index in [1.165, 1.54) is 22.9 Å². The van der Waals surface area contributed by atoms with E-state index in [0.717, 1.165) is 5.56 Å². The van der Waals surface area contributed by atoms with Crippen LogP contribution >= 0.6 is 11.6 Å². The van der Waals surface area contributed by atoms with Crippen molar-refractivity contribution >= 4 is 17.3 Å². The molecule has 1 aromatic carbocycles. The summed E-state index contributed by atoms with van der Waals surface area (Å²) in [6.07, 6.45) is 1.25. The Labute approximate surface area is 126 Å². The summed E-state index contributed by atoms with van der Waals surface area (Å²) < 4.78 is 1.31. The van der Waals surface area contributed by atoms with Crippen LogP contribution in [0.3, 0.4) is 0 Å². The van der Waals surface area contributed by atoms with Gasteiger partial charge in [-0.2, -0.15) is 0 Å². The SMILES string of the molecule is CN(Cc1ccc(Cl)cc1)Cn1cc([N+](=O)[O-])ccc1=O. The molecule has 0 saturated heterocycles. The highest BCUT2D eigenvalue weighted by Crippen LogP contribution is 2.11. The van der Waals surface area contributed by atoms with Crippen molar-refractivity contribution in [1.82, 2.24) is 9.47 Å². The lowest BCUT2D eigenvalue weighted by Gasteiger charge is -2.18. The highest BCUT2D eigenvalue weighted by molar-refractivity contribution is 6.30. The summed E-state index contributed by atoms with van der Waals surface area (Å²) in [6.45, 7) is 0.870. The minimum absolute atomic E-state index is 0.102. The van der Waals surface area contributed by atoms with Gasteiger partial charge < -0.3 is 0 Å². The zero-order valence-electron chi connectivity index (χ0n) is 11.4. The summed E-state index contributed by atoms with van der Waals surface area (Å²) in [7, 11) is 1.83. The Kier molecular flexibility index (Phi) is 4.72. The Bertz CT molecular complexity index is 697. The zero-order chi connectivity index (χ0) is 15.4. The Hall–Kier alpha value is -2.18. The van der Waals surface area contributed by atoms with Crippen LogP contribution in [-0.2, 0) is 13.2 Å². The van der Waals surface area contributed by atoms with Crippen molar-refractivity contribution in [3.63, 3.8) is 0 Å². The topological polar surface area (TPSA) is 68.4 Å². The van der Waals surface area contributed by atoms with Crippen molar-refractivity contribution in [2.75, 3.05) is 7.05 Å². The summed E-state index contributed by atoms with van der Waals surface area (Å²) in [5.41, 5.74) is 0.665. The molecule has 1 aromatic heterocycles. The van der Waals surface area contributed by atoms with E-state index in [0.29, 0.717) is 11.6 Å². The minimum atomic E-state index is -0.519. The van der Waals surface area contributed by atoms with Gasteiger partial charge in [0.05, 0.1) is 17.8 Å². The number of halogens is 1. The molecule has 0 amide bonds. The van der Waals surface area contributed by atoms with E-state index in [2.05, 4.69) is 0 Å². The molecule has 2 aromatic rings. The Morgan fingerprint density at radius 3 is 2.52 bits per heavy atom. The molecule has 0 unspecified atom stereocenters. The van der Waals surface area contributed by atoms with Crippen molar-refractivity contribution in [2.24, 2.45) is 0 Å². The van der Waals surface area contributed by atoms with Crippen LogP contribution in [0.5, 0.6) is 0 Å². The predicted molar refractivity (Wildman–Crippen MR) is 80.3 cm³/mol.